The number of hydrogen-bond acceptors (Lipinski definition) is 3. The van der Waals surface area contributed by atoms with Gasteiger partial charge in [-0.25, -0.2) is 0 Å². The highest BCUT2D eigenvalue weighted by molar-refractivity contribution is 5.98. The number of nitrogen functional groups attached to an aromatic ring is 1. The number of nitrogens with two attached hydrogens (primary N) is 1. The van der Waals surface area contributed by atoms with Crippen LogP contribution in [0.25, 0.3) is 0 Å². The minimum absolute atomic E-state index is 0.0216. The molecule has 0 aliphatic rings. The fourth-order valence-electron chi connectivity index (χ4n) is 1.89. The van der Waals surface area contributed by atoms with Crippen molar-refractivity contribution in [3.05, 3.63) is 11.8 Å². The van der Waals surface area contributed by atoms with E-state index in [1.165, 1.54) is 4.68 Å². The number of rotatable bonds is 6. The van der Waals surface area contributed by atoms with Gasteiger partial charge in [-0.2, -0.15) is 5.10 Å². The summed E-state index contributed by atoms with van der Waals surface area (Å²) in [5, 5.41) is 4.02. The number of aromatic nitrogens is 2. The summed E-state index contributed by atoms with van der Waals surface area (Å²) in [6, 6.07) is 0.175. The molecule has 0 spiro atoms. The van der Waals surface area contributed by atoms with E-state index in [4.69, 9.17) is 5.73 Å². The Morgan fingerprint density at radius 1 is 1.50 bits per heavy atom. The molecule has 1 aromatic rings. The highest BCUT2D eigenvalue weighted by Gasteiger charge is 2.22. The van der Waals surface area contributed by atoms with Crippen molar-refractivity contribution >= 4 is 11.7 Å². The molecule has 1 amide bonds. The van der Waals surface area contributed by atoms with Crippen LogP contribution in [-0.4, -0.2) is 33.2 Å². The molecule has 5 nitrogen and oxygen atoms in total. The fraction of sp³-hybridized carbons (Fsp3) is 0.692. The van der Waals surface area contributed by atoms with Crippen LogP contribution >= 0.6 is 0 Å². The Balaban J connectivity index is 2.79. The van der Waals surface area contributed by atoms with E-state index in [1.807, 2.05) is 18.7 Å². The normalized spacial score (nSPS) is 10.9. The van der Waals surface area contributed by atoms with Crippen LogP contribution in [0.5, 0.6) is 0 Å². The molecule has 0 aliphatic heterocycles. The highest BCUT2D eigenvalue weighted by atomic mass is 16.2. The number of hydrogen-bond donors (Lipinski definition) is 1. The van der Waals surface area contributed by atoms with Gasteiger partial charge in [0.05, 0.1) is 6.20 Å². The third-order valence-electron chi connectivity index (χ3n) is 3.10. The van der Waals surface area contributed by atoms with Crippen LogP contribution in [0, 0.1) is 0 Å². The van der Waals surface area contributed by atoms with Crippen LogP contribution in [0.4, 0.5) is 5.82 Å². The molecule has 0 unspecified atom stereocenters. The van der Waals surface area contributed by atoms with Gasteiger partial charge in [0.15, 0.2) is 0 Å². The third-order valence-corrected chi connectivity index (χ3v) is 3.10. The largest absolute Gasteiger partial charge is 0.383 e. The number of carbonyl (C=O) groups is 1. The molecular formula is C13H24N4O. The molecule has 0 radical (unpaired) electrons. The summed E-state index contributed by atoms with van der Waals surface area (Å²) in [5.74, 6) is 0.410. The molecule has 0 saturated carbocycles. The fourth-order valence-corrected chi connectivity index (χ4v) is 1.89. The van der Waals surface area contributed by atoms with E-state index >= 15 is 0 Å². The van der Waals surface area contributed by atoms with Crippen molar-refractivity contribution in [3.63, 3.8) is 0 Å². The van der Waals surface area contributed by atoms with Gasteiger partial charge < -0.3 is 10.6 Å². The van der Waals surface area contributed by atoms with E-state index in [9.17, 15) is 4.79 Å². The number of carbonyl (C=O) groups excluding carboxylic acids is 1. The molecule has 18 heavy (non-hydrogen) atoms. The van der Waals surface area contributed by atoms with Crippen LogP contribution in [0.1, 0.15) is 50.4 Å². The Hall–Kier alpha value is -1.52. The maximum Gasteiger partial charge on any atom is 0.259 e. The lowest BCUT2D eigenvalue weighted by Gasteiger charge is -2.26. The summed E-state index contributed by atoms with van der Waals surface area (Å²) in [7, 11) is 1.74. The van der Waals surface area contributed by atoms with Crippen LogP contribution in [-0.2, 0) is 7.05 Å². The van der Waals surface area contributed by atoms with Crippen molar-refractivity contribution in [3.8, 4) is 0 Å². The number of aryl methyl sites for hydroxylation is 1. The van der Waals surface area contributed by atoms with Gasteiger partial charge in [-0.05, 0) is 20.3 Å². The lowest BCUT2D eigenvalue weighted by Crippen LogP contribution is -2.38. The summed E-state index contributed by atoms with van der Waals surface area (Å²) < 4.78 is 1.53. The minimum atomic E-state index is -0.0216. The summed E-state index contributed by atoms with van der Waals surface area (Å²) in [6.45, 7) is 6.98. The van der Waals surface area contributed by atoms with Crippen LogP contribution in [0.3, 0.4) is 0 Å². The van der Waals surface area contributed by atoms with Gasteiger partial charge in [-0.1, -0.05) is 19.8 Å². The standard InChI is InChI=1S/C13H24N4O/c1-5-6-7-8-17(10(2)3)13(18)11-9-15-16(4)12(11)14/h9-10H,5-8,14H2,1-4H3. The Labute approximate surface area is 109 Å². The van der Waals surface area contributed by atoms with Gasteiger partial charge in [0.25, 0.3) is 5.91 Å². The third kappa shape index (κ3) is 3.24. The lowest BCUT2D eigenvalue weighted by atomic mass is 10.2. The molecule has 2 N–H and O–H groups in total. The predicted octanol–water partition coefficient (Wildman–Crippen LogP) is 2.04. The average molecular weight is 252 g/mol. The zero-order chi connectivity index (χ0) is 13.7. The molecule has 0 fully saturated rings. The van der Waals surface area contributed by atoms with Crippen molar-refractivity contribution in [1.82, 2.24) is 14.7 Å². The molecule has 1 aromatic heterocycles. The molecule has 1 rings (SSSR count). The quantitative estimate of drug-likeness (QED) is 0.788. The zero-order valence-corrected chi connectivity index (χ0v) is 11.8. The van der Waals surface area contributed by atoms with E-state index in [2.05, 4.69) is 12.0 Å². The number of anilines is 1. The maximum absolute atomic E-state index is 12.4. The average Bonchev–Trinajstić information content (AvgIpc) is 2.64. The van der Waals surface area contributed by atoms with Crippen LogP contribution < -0.4 is 5.73 Å². The first-order chi connectivity index (χ1) is 8.49. The Morgan fingerprint density at radius 3 is 2.61 bits per heavy atom. The monoisotopic (exact) mass is 252 g/mol. The first kappa shape index (κ1) is 14.5. The second-order valence-corrected chi connectivity index (χ2v) is 4.87. The first-order valence-corrected chi connectivity index (χ1v) is 6.57. The number of nitrogens with zero attached hydrogens (tertiary/aromatic N) is 3. The maximum atomic E-state index is 12.4. The molecule has 102 valence electrons. The van der Waals surface area contributed by atoms with Crippen molar-refractivity contribution in [1.29, 1.82) is 0 Å². The topological polar surface area (TPSA) is 64.2 Å². The van der Waals surface area contributed by atoms with Gasteiger partial charge in [0.2, 0.25) is 0 Å². The van der Waals surface area contributed by atoms with E-state index < -0.39 is 0 Å². The van der Waals surface area contributed by atoms with Crippen molar-refractivity contribution in [2.45, 2.75) is 46.1 Å². The van der Waals surface area contributed by atoms with E-state index in [0.29, 0.717) is 11.4 Å². The van der Waals surface area contributed by atoms with E-state index in [0.717, 1.165) is 25.8 Å². The second-order valence-electron chi connectivity index (χ2n) is 4.87. The number of unbranched alkanes of at least 4 members (excludes halogenated alkanes) is 2. The smallest absolute Gasteiger partial charge is 0.259 e. The van der Waals surface area contributed by atoms with Gasteiger partial charge in [-0.15, -0.1) is 0 Å². The van der Waals surface area contributed by atoms with Crippen molar-refractivity contribution in [2.75, 3.05) is 12.3 Å². The van der Waals surface area contributed by atoms with Crippen LogP contribution in [0.15, 0.2) is 6.20 Å². The summed E-state index contributed by atoms with van der Waals surface area (Å²) >= 11 is 0. The SMILES string of the molecule is CCCCCN(C(=O)c1cnn(C)c1N)C(C)C. The predicted molar refractivity (Wildman–Crippen MR) is 73.3 cm³/mol. The van der Waals surface area contributed by atoms with Crippen molar-refractivity contribution < 1.29 is 4.79 Å². The Morgan fingerprint density at radius 2 is 2.17 bits per heavy atom. The molecule has 0 aromatic carbocycles. The molecule has 0 aliphatic carbocycles. The Bertz CT molecular complexity index is 398. The summed E-state index contributed by atoms with van der Waals surface area (Å²) in [6.07, 6.45) is 4.86. The Kier molecular flexibility index (Phi) is 5.19. The van der Waals surface area contributed by atoms with Gasteiger partial charge in [-0.3, -0.25) is 9.48 Å². The number of amides is 1. The molecular weight excluding hydrogens is 228 g/mol. The van der Waals surface area contributed by atoms with Crippen LogP contribution in [0.2, 0.25) is 0 Å². The van der Waals surface area contributed by atoms with Crippen molar-refractivity contribution in [2.24, 2.45) is 7.05 Å². The highest BCUT2D eigenvalue weighted by Crippen LogP contribution is 2.15. The van der Waals surface area contributed by atoms with E-state index in [-0.39, 0.29) is 11.9 Å². The minimum Gasteiger partial charge on any atom is -0.383 e. The summed E-state index contributed by atoms with van der Waals surface area (Å²) in [4.78, 5) is 14.3. The van der Waals surface area contributed by atoms with E-state index in [1.54, 1.807) is 13.2 Å². The lowest BCUT2D eigenvalue weighted by molar-refractivity contribution is 0.0703. The molecule has 0 atom stereocenters. The zero-order valence-electron chi connectivity index (χ0n) is 11.8. The van der Waals surface area contributed by atoms with Gasteiger partial charge in [0, 0.05) is 19.6 Å². The molecule has 1 heterocycles. The summed E-state index contributed by atoms with van der Waals surface area (Å²) in [5.41, 5.74) is 6.35. The molecule has 0 saturated heterocycles. The molecule has 0 bridgehead atoms. The van der Waals surface area contributed by atoms with Gasteiger partial charge >= 0.3 is 0 Å². The second kappa shape index (κ2) is 6.42. The molecule has 5 heteroatoms. The first-order valence-electron chi connectivity index (χ1n) is 6.57. The van der Waals surface area contributed by atoms with Gasteiger partial charge in [0.1, 0.15) is 11.4 Å².